The van der Waals surface area contributed by atoms with Crippen LogP contribution in [0.25, 0.3) is 0 Å². The standard InChI is InChI=1S/C21H25N3O4S/c1-25-18-12-15(13-19(26-2)20(18)27-3)24-21(23-14-17-7-5-11-29-17)22-9-8-16-6-4-10-28-16/h4-7,10-13H,8-9,14H2,1-3H3,(H2,22,23,24). The number of thiophene rings is 1. The second-order valence-corrected chi connectivity index (χ2v) is 7.07. The van der Waals surface area contributed by atoms with Crippen LogP contribution < -0.4 is 24.8 Å². The minimum Gasteiger partial charge on any atom is -0.493 e. The summed E-state index contributed by atoms with van der Waals surface area (Å²) < 4.78 is 21.6. The molecule has 0 aliphatic carbocycles. The molecular formula is C21H25N3O4S. The third kappa shape index (κ3) is 5.68. The third-order valence-electron chi connectivity index (χ3n) is 4.14. The number of nitrogens with one attached hydrogen (secondary N) is 2. The molecule has 2 heterocycles. The fraction of sp³-hybridized carbons (Fsp3) is 0.286. The van der Waals surface area contributed by atoms with Crippen molar-refractivity contribution in [1.82, 2.24) is 5.32 Å². The first-order chi connectivity index (χ1) is 14.2. The zero-order chi connectivity index (χ0) is 20.5. The van der Waals surface area contributed by atoms with E-state index >= 15 is 0 Å². The van der Waals surface area contributed by atoms with Crippen LogP contribution in [0.1, 0.15) is 10.6 Å². The number of guanidine groups is 1. The van der Waals surface area contributed by atoms with Crippen molar-refractivity contribution < 1.29 is 18.6 Å². The summed E-state index contributed by atoms with van der Waals surface area (Å²) in [6.07, 6.45) is 2.43. The Bertz CT molecular complexity index is 883. The molecule has 3 aromatic rings. The van der Waals surface area contributed by atoms with Crippen LogP contribution in [0, 0.1) is 0 Å². The quantitative estimate of drug-likeness (QED) is 0.404. The molecule has 3 rings (SSSR count). The van der Waals surface area contributed by atoms with Crippen LogP contribution in [0.4, 0.5) is 5.69 Å². The first-order valence-corrected chi connectivity index (χ1v) is 10.0. The van der Waals surface area contributed by atoms with E-state index < -0.39 is 0 Å². The highest BCUT2D eigenvalue weighted by Crippen LogP contribution is 2.39. The second kappa shape index (κ2) is 10.4. The molecule has 0 amide bonds. The Hall–Kier alpha value is -3.13. The van der Waals surface area contributed by atoms with Gasteiger partial charge >= 0.3 is 0 Å². The molecule has 2 N–H and O–H groups in total. The van der Waals surface area contributed by atoms with Gasteiger partial charge in [-0.05, 0) is 23.6 Å². The summed E-state index contributed by atoms with van der Waals surface area (Å²) >= 11 is 1.68. The number of anilines is 1. The molecule has 0 atom stereocenters. The molecule has 2 aromatic heterocycles. The number of furan rings is 1. The highest BCUT2D eigenvalue weighted by molar-refractivity contribution is 7.09. The molecule has 0 fully saturated rings. The predicted octanol–water partition coefficient (Wildman–Crippen LogP) is 4.17. The lowest BCUT2D eigenvalue weighted by Crippen LogP contribution is -2.32. The Balaban J connectivity index is 1.76. The molecule has 154 valence electrons. The summed E-state index contributed by atoms with van der Waals surface area (Å²) in [6, 6.07) is 11.6. The van der Waals surface area contributed by atoms with E-state index in [0.717, 1.165) is 17.9 Å². The van der Waals surface area contributed by atoms with E-state index in [2.05, 4.69) is 16.7 Å². The molecule has 0 radical (unpaired) electrons. The third-order valence-corrected chi connectivity index (χ3v) is 5.01. The smallest absolute Gasteiger partial charge is 0.203 e. The Morgan fingerprint density at radius 1 is 1.07 bits per heavy atom. The van der Waals surface area contributed by atoms with Crippen molar-refractivity contribution in [3.63, 3.8) is 0 Å². The van der Waals surface area contributed by atoms with Crippen LogP contribution in [0.3, 0.4) is 0 Å². The van der Waals surface area contributed by atoms with Crippen molar-refractivity contribution >= 4 is 23.0 Å². The fourth-order valence-electron chi connectivity index (χ4n) is 2.75. The molecule has 29 heavy (non-hydrogen) atoms. The molecule has 0 aliphatic heterocycles. The predicted molar refractivity (Wildman–Crippen MR) is 116 cm³/mol. The number of nitrogens with zero attached hydrogens (tertiary/aromatic N) is 1. The molecule has 8 heteroatoms. The fourth-order valence-corrected chi connectivity index (χ4v) is 3.38. The first kappa shape index (κ1) is 20.6. The summed E-state index contributed by atoms with van der Waals surface area (Å²) in [5, 5.41) is 8.71. The van der Waals surface area contributed by atoms with Crippen LogP contribution in [0.2, 0.25) is 0 Å². The molecule has 1 aromatic carbocycles. The highest BCUT2D eigenvalue weighted by Gasteiger charge is 2.14. The van der Waals surface area contributed by atoms with Crippen molar-refractivity contribution in [3.8, 4) is 17.2 Å². The van der Waals surface area contributed by atoms with Crippen LogP contribution in [0.5, 0.6) is 17.2 Å². The van der Waals surface area contributed by atoms with Gasteiger partial charge in [0.05, 0.1) is 34.1 Å². The van der Waals surface area contributed by atoms with E-state index in [9.17, 15) is 0 Å². The molecular weight excluding hydrogens is 390 g/mol. The largest absolute Gasteiger partial charge is 0.493 e. The Morgan fingerprint density at radius 2 is 1.86 bits per heavy atom. The van der Waals surface area contributed by atoms with E-state index in [4.69, 9.17) is 23.6 Å². The minimum atomic E-state index is 0.545. The SMILES string of the molecule is COc1cc(NC(=NCc2cccs2)NCCc2ccco2)cc(OC)c1OC. The van der Waals surface area contributed by atoms with Gasteiger partial charge in [-0.2, -0.15) is 0 Å². The summed E-state index contributed by atoms with van der Waals surface area (Å²) in [5.74, 6) is 3.26. The average molecular weight is 416 g/mol. The van der Waals surface area contributed by atoms with E-state index in [1.165, 1.54) is 4.88 Å². The summed E-state index contributed by atoms with van der Waals surface area (Å²) in [5.41, 5.74) is 0.773. The van der Waals surface area contributed by atoms with Crippen molar-refractivity contribution in [3.05, 3.63) is 58.7 Å². The van der Waals surface area contributed by atoms with Crippen molar-refractivity contribution in [1.29, 1.82) is 0 Å². The van der Waals surface area contributed by atoms with Gasteiger partial charge in [-0.25, -0.2) is 4.99 Å². The van der Waals surface area contributed by atoms with E-state index in [1.807, 2.05) is 35.7 Å². The zero-order valence-electron chi connectivity index (χ0n) is 16.7. The van der Waals surface area contributed by atoms with Gasteiger partial charge in [-0.1, -0.05) is 6.07 Å². The zero-order valence-corrected chi connectivity index (χ0v) is 17.5. The molecule has 0 unspecified atom stereocenters. The number of rotatable bonds is 9. The average Bonchev–Trinajstić information content (AvgIpc) is 3.45. The lowest BCUT2D eigenvalue weighted by Gasteiger charge is -2.16. The number of methoxy groups -OCH3 is 3. The van der Waals surface area contributed by atoms with Gasteiger partial charge in [-0.15, -0.1) is 11.3 Å². The molecule has 0 saturated heterocycles. The monoisotopic (exact) mass is 415 g/mol. The molecule has 0 saturated carbocycles. The van der Waals surface area contributed by atoms with E-state index in [1.54, 1.807) is 38.9 Å². The van der Waals surface area contributed by atoms with Gasteiger partial charge in [-0.3, -0.25) is 0 Å². The van der Waals surface area contributed by atoms with Gasteiger partial charge in [0.25, 0.3) is 0 Å². The van der Waals surface area contributed by atoms with E-state index in [-0.39, 0.29) is 0 Å². The number of hydrogen-bond donors (Lipinski definition) is 2. The van der Waals surface area contributed by atoms with Crippen molar-refractivity contribution in [2.24, 2.45) is 4.99 Å². The normalized spacial score (nSPS) is 11.2. The summed E-state index contributed by atoms with van der Waals surface area (Å²) in [4.78, 5) is 5.88. The number of aliphatic imine (C=N–C) groups is 1. The summed E-state index contributed by atoms with van der Waals surface area (Å²) in [7, 11) is 4.76. The number of hydrogen-bond acceptors (Lipinski definition) is 6. The first-order valence-electron chi connectivity index (χ1n) is 9.13. The maximum Gasteiger partial charge on any atom is 0.203 e. The maximum absolute atomic E-state index is 5.43. The molecule has 0 aliphatic rings. The van der Waals surface area contributed by atoms with Crippen LogP contribution in [-0.4, -0.2) is 33.8 Å². The van der Waals surface area contributed by atoms with Crippen molar-refractivity contribution in [2.75, 3.05) is 33.2 Å². The van der Waals surface area contributed by atoms with Crippen molar-refractivity contribution in [2.45, 2.75) is 13.0 Å². The topological polar surface area (TPSA) is 77.2 Å². The van der Waals surface area contributed by atoms with Gasteiger partial charge in [0, 0.05) is 35.7 Å². The van der Waals surface area contributed by atoms with Crippen LogP contribution in [-0.2, 0) is 13.0 Å². The Labute approximate surface area is 174 Å². The van der Waals surface area contributed by atoms with Crippen LogP contribution in [0.15, 0.2) is 57.5 Å². The van der Waals surface area contributed by atoms with Gasteiger partial charge in [0.15, 0.2) is 17.5 Å². The van der Waals surface area contributed by atoms with Gasteiger partial charge in [0.1, 0.15) is 5.76 Å². The molecule has 7 nitrogen and oxygen atoms in total. The van der Waals surface area contributed by atoms with Gasteiger partial charge in [0.2, 0.25) is 5.75 Å². The number of benzene rings is 1. The van der Waals surface area contributed by atoms with Crippen LogP contribution >= 0.6 is 11.3 Å². The van der Waals surface area contributed by atoms with Gasteiger partial charge < -0.3 is 29.3 Å². The number of ether oxygens (including phenoxy) is 3. The minimum absolute atomic E-state index is 0.545. The maximum atomic E-state index is 5.43. The Morgan fingerprint density at radius 3 is 2.45 bits per heavy atom. The lowest BCUT2D eigenvalue weighted by molar-refractivity contribution is 0.324. The molecule has 0 bridgehead atoms. The molecule has 0 spiro atoms. The summed E-state index contributed by atoms with van der Waals surface area (Å²) in [6.45, 7) is 1.26. The second-order valence-electron chi connectivity index (χ2n) is 6.04. The van der Waals surface area contributed by atoms with E-state index in [0.29, 0.717) is 36.3 Å². The Kier molecular flexibility index (Phi) is 7.40. The lowest BCUT2D eigenvalue weighted by atomic mass is 10.2. The highest BCUT2D eigenvalue weighted by atomic mass is 32.1.